The molecular weight excluding hydrogens is 298 g/mol. The third kappa shape index (κ3) is 5.79. The summed E-state index contributed by atoms with van der Waals surface area (Å²) in [6, 6.07) is 10.5. The van der Waals surface area contributed by atoms with Crippen molar-refractivity contribution in [1.82, 2.24) is 4.90 Å². The SMILES string of the molecule is CS(=O)(=O)CCCC(=O)N1CCC(Cc2ccccc2)CC1. The van der Waals surface area contributed by atoms with E-state index in [1.54, 1.807) is 0 Å². The highest BCUT2D eigenvalue weighted by molar-refractivity contribution is 7.90. The lowest BCUT2D eigenvalue weighted by molar-refractivity contribution is -0.132. The number of sulfone groups is 1. The molecule has 22 heavy (non-hydrogen) atoms. The van der Waals surface area contributed by atoms with Crippen LogP contribution < -0.4 is 0 Å². The van der Waals surface area contributed by atoms with Gasteiger partial charge >= 0.3 is 0 Å². The number of nitrogens with zero attached hydrogens (tertiary/aromatic N) is 1. The standard InChI is InChI=1S/C17H25NO3S/c1-22(20,21)13-5-8-17(19)18-11-9-16(10-12-18)14-15-6-3-2-4-7-15/h2-4,6-7,16H,5,8-14H2,1H3. The lowest BCUT2D eigenvalue weighted by atomic mass is 9.90. The van der Waals surface area contributed by atoms with Gasteiger partial charge in [0.15, 0.2) is 0 Å². The summed E-state index contributed by atoms with van der Waals surface area (Å²) in [5, 5.41) is 0. The fraction of sp³-hybridized carbons (Fsp3) is 0.588. The summed E-state index contributed by atoms with van der Waals surface area (Å²) in [5.74, 6) is 0.840. The van der Waals surface area contributed by atoms with E-state index in [1.165, 1.54) is 11.8 Å². The Balaban J connectivity index is 1.71. The maximum absolute atomic E-state index is 12.1. The Bertz CT molecular complexity index is 575. The fourth-order valence-electron chi connectivity index (χ4n) is 2.98. The van der Waals surface area contributed by atoms with Crippen molar-refractivity contribution < 1.29 is 13.2 Å². The Morgan fingerprint density at radius 2 is 1.82 bits per heavy atom. The molecule has 0 N–H and O–H groups in total. The predicted octanol–water partition coefficient (Wildman–Crippen LogP) is 2.29. The molecule has 1 fully saturated rings. The number of hydrogen-bond acceptors (Lipinski definition) is 3. The van der Waals surface area contributed by atoms with Gasteiger partial charge < -0.3 is 4.90 Å². The maximum Gasteiger partial charge on any atom is 0.222 e. The first-order valence-electron chi connectivity index (χ1n) is 7.93. The summed E-state index contributed by atoms with van der Waals surface area (Å²) in [5.41, 5.74) is 1.36. The van der Waals surface area contributed by atoms with Crippen LogP contribution in [0, 0.1) is 5.92 Å². The van der Waals surface area contributed by atoms with Crippen molar-refractivity contribution in [2.45, 2.75) is 32.1 Å². The van der Waals surface area contributed by atoms with Crippen LogP contribution in [0.5, 0.6) is 0 Å². The molecule has 122 valence electrons. The van der Waals surface area contributed by atoms with Gasteiger partial charge in [0.25, 0.3) is 0 Å². The normalized spacial score (nSPS) is 16.7. The number of carbonyl (C=O) groups is 1. The molecule has 5 heteroatoms. The van der Waals surface area contributed by atoms with Gasteiger partial charge in [0.1, 0.15) is 9.84 Å². The van der Waals surface area contributed by atoms with Crippen LogP contribution in [0.15, 0.2) is 30.3 Å². The molecule has 0 saturated carbocycles. The van der Waals surface area contributed by atoms with Crippen LogP contribution in [0.1, 0.15) is 31.2 Å². The highest BCUT2D eigenvalue weighted by Crippen LogP contribution is 2.22. The number of benzene rings is 1. The third-order valence-corrected chi connectivity index (χ3v) is 5.27. The number of likely N-dealkylation sites (tertiary alicyclic amines) is 1. The minimum atomic E-state index is -2.96. The average Bonchev–Trinajstić information content (AvgIpc) is 2.47. The van der Waals surface area contributed by atoms with Gasteiger partial charge in [-0.1, -0.05) is 30.3 Å². The van der Waals surface area contributed by atoms with Crippen LogP contribution in [0.2, 0.25) is 0 Å². The zero-order valence-electron chi connectivity index (χ0n) is 13.2. The minimum Gasteiger partial charge on any atom is -0.343 e. The molecule has 1 amide bonds. The number of piperidine rings is 1. The van der Waals surface area contributed by atoms with Gasteiger partial charge in [-0.25, -0.2) is 8.42 Å². The quantitative estimate of drug-likeness (QED) is 0.807. The van der Waals surface area contributed by atoms with E-state index in [1.807, 2.05) is 11.0 Å². The molecule has 0 aliphatic carbocycles. The lowest BCUT2D eigenvalue weighted by Crippen LogP contribution is -2.38. The molecule has 0 radical (unpaired) electrons. The molecule has 2 rings (SSSR count). The molecule has 1 aliphatic heterocycles. The van der Waals surface area contributed by atoms with E-state index in [0.29, 0.717) is 18.8 Å². The summed E-state index contributed by atoms with van der Waals surface area (Å²) < 4.78 is 22.2. The third-order valence-electron chi connectivity index (χ3n) is 4.24. The molecule has 0 bridgehead atoms. The highest BCUT2D eigenvalue weighted by atomic mass is 32.2. The summed E-state index contributed by atoms with van der Waals surface area (Å²) in [4.78, 5) is 14.0. The molecule has 4 nitrogen and oxygen atoms in total. The van der Waals surface area contributed by atoms with Crippen LogP contribution in [0.4, 0.5) is 0 Å². The summed E-state index contributed by atoms with van der Waals surface area (Å²) >= 11 is 0. The lowest BCUT2D eigenvalue weighted by Gasteiger charge is -2.32. The largest absolute Gasteiger partial charge is 0.343 e. The molecule has 1 aliphatic rings. The topological polar surface area (TPSA) is 54.5 Å². The number of hydrogen-bond donors (Lipinski definition) is 0. The van der Waals surface area contributed by atoms with E-state index in [2.05, 4.69) is 24.3 Å². The first kappa shape index (κ1) is 17.0. The first-order chi connectivity index (χ1) is 10.4. The van der Waals surface area contributed by atoms with Crippen molar-refractivity contribution in [2.75, 3.05) is 25.1 Å². The van der Waals surface area contributed by atoms with Crippen molar-refractivity contribution in [2.24, 2.45) is 5.92 Å². The molecule has 1 saturated heterocycles. The van der Waals surface area contributed by atoms with Crippen LogP contribution >= 0.6 is 0 Å². The Morgan fingerprint density at radius 1 is 1.18 bits per heavy atom. The van der Waals surface area contributed by atoms with Gasteiger partial charge in [0, 0.05) is 25.8 Å². The van der Waals surface area contributed by atoms with Crippen LogP contribution in [0.3, 0.4) is 0 Å². The smallest absolute Gasteiger partial charge is 0.222 e. The van der Waals surface area contributed by atoms with E-state index in [-0.39, 0.29) is 11.7 Å². The van der Waals surface area contributed by atoms with E-state index in [0.717, 1.165) is 32.4 Å². The van der Waals surface area contributed by atoms with Crippen molar-refractivity contribution in [1.29, 1.82) is 0 Å². The molecule has 0 spiro atoms. The van der Waals surface area contributed by atoms with Crippen molar-refractivity contribution in [3.8, 4) is 0 Å². The summed E-state index contributed by atoms with van der Waals surface area (Å²) in [6.45, 7) is 1.60. The molecule has 0 atom stereocenters. The highest BCUT2D eigenvalue weighted by Gasteiger charge is 2.22. The monoisotopic (exact) mass is 323 g/mol. The second kappa shape index (κ2) is 7.77. The minimum absolute atomic E-state index is 0.0989. The van der Waals surface area contributed by atoms with Gasteiger partial charge in [-0.05, 0) is 37.2 Å². The number of amides is 1. The Labute approximate surface area is 133 Å². The summed E-state index contributed by atoms with van der Waals surface area (Å²) in [7, 11) is -2.96. The number of carbonyl (C=O) groups excluding carboxylic acids is 1. The Morgan fingerprint density at radius 3 is 2.41 bits per heavy atom. The van der Waals surface area contributed by atoms with Gasteiger partial charge in [0.2, 0.25) is 5.91 Å². The summed E-state index contributed by atoms with van der Waals surface area (Å²) in [6.07, 6.45) is 5.14. The van der Waals surface area contributed by atoms with Crippen molar-refractivity contribution in [3.63, 3.8) is 0 Å². The Kier molecular flexibility index (Phi) is 6.00. The van der Waals surface area contributed by atoms with Crippen LogP contribution in [0.25, 0.3) is 0 Å². The molecular formula is C17H25NO3S. The van der Waals surface area contributed by atoms with E-state index in [4.69, 9.17) is 0 Å². The van der Waals surface area contributed by atoms with Gasteiger partial charge in [-0.2, -0.15) is 0 Å². The van der Waals surface area contributed by atoms with E-state index >= 15 is 0 Å². The molecule has 0 unspecified atom stereocenters. The predicted molar refractivity (Wildman–Crippen MR) is 88.4 cm³/mol. The zero-order chi connectivity index (χ0) is 16.0. The number of rotatable bonds is 6. The second-order valence-electron chi connectivity index (χ2n) is 6.25. The second-order valence-corrected chi connectivity index (χ2v) is 8.51. The van der Waals surface area contributed by atoms with E-state index < -0.39 is 9.84 Å². The molecule has 0 aromatic heterocycles. The Hall–Kier alpha value is -1.36. The van der Waals surface area contributed by atoms with Gasteiger partial charge in [-0.3, -0.25) is 4.79 Å². The first-order valence-corrected chi connectivity index (χ1v) is 9.99. The van der Waals surface area contributed by atoms with Crippen LogP contribution in [-0.4, -0.2) is 44.3 Å². The van der Waals surface area contributed by atoms with Gasteiger partial charge in [-0.15, -0.1) is 0 Å². The molecule has 1 heterocycles. The molecule has 1 aromatic carbocycles. The molecule has 1 aromatic rings. The average molecular weight is 323 g/mol. The van der Waals surface area contributed by atoms with E-state index in [9.17, 15) is 13.2 Å². The zero-order valence-corrected chi connectivity index (χ0v) is 14.0. The van der Waals surface area contributed by atoms with Crippen LogP contribution in [-0.2, 0) is 21.1 Å². The fourth-order valence-corrected chi connectivity index (χ4v) is 3.65. The van der Waals surface area contributed by atoms with Gasteiger partial charge in [0.05, 0.1) is 5.75 Å². The van der Waals surface area contributed by atoms with Crippen molar-refractivity contribution >= 4 is 15.7 Å². The maximum atomic E-state index is 12.1. The van der Waals surface area contributed by atoms with Crippen molar-refractivity contribution in [3.05, 3.63) is 35.9 Å².